The van der Waals surface area contributed by atoms with E-state index >= 15 is 0 Å². The van der Waals surface area contributed by atoms with Crippen molar-refractivity contribution >= 4 is 17.5 Å². The number of phenolic OH excluding ortho intramolecular Hbond substituents is 1. The molecule has 3 heterocycles. The summed E-state index contributed by atoms with van der Waals surface area (Å²) >= 11 is 0. The molecule has 4 atom stereocenters. The number of rotatable bonds is 3. The van der Waals surface area contributed by atoms with Crippen molar-refractivity contribution in [2.75, 3.05) is 4.90 Å². The second-order valence-electron chi connectivity index (χ2n) is 11.2. The SMILES string of the molecule is Cc1cccc([C@H]2C3=CCn4c(=O)n(-c5ccccc5)c(=O)n4[C@@H]3C[C@H]3C(=O)N(c4ccccc4)C(=O)[C@@]23C)c1O. The Hall–Kier alpha value is -4.92. The lowest BCUT2D eigenvalue weighted by Gasteiger charge is -2.47. The highest BCUT2D eigenvalue weighted by Crippen LogP contribution is 2.62. The van der Waals surface area contributed by atoms with Crippen LogP contribution in [0.25, 0.3) is 5.69 Å². The van der Waals surface area contributed by atoms with E-state index in [4.69, 9.17) is 0 Å². The van der Waals surface area contributed by atoms with Crippen LogP contribution in [0.2, 0.25) is 0 Å². The number of carbonyl (C=O) groups excluding carboxylic acids is 2. The van der Waals surface area contributed by atoms with Gasteiger partial charge < -0.3 is 5.11 Å². The van der Waals surface area contributed by atoms with Crippen molar-refractivity contribution in [3.05, 3.63) is 123 Å². The quantitative estimate of drug-likeness (QED) is 0.311. The predicted octanol–water partition coefficient (Wildman–Crippen LogP) is 3.68. The number of fused-ring (bicyclic) bond motifs is 4. The number of aromatic hydroxyl groups is 1. The standard InChI is InChI=1S/C32H28N4O5/c1-19-10-9-15-23(27(19)37)26-22-16-17-33-30(40)35(21-13-7-4-8-14-21)31(41)36(33)25(22)18-24-28(38)34(29(39)32(24,26)2)20-11-5-3-6-12-20/h3-16,24-26,37H,17-18H2,1-2H3/t24-,25+,26+,32+/m0/s1. The molecule has 1 saturated carbocycles. The van der Waals surface area contributed by atoms with Crippen LogP contribution in [0.5, 0.6) is 5.75 Å². The number of carbonyl (C=O) groups is 2. The van der Waals surface area contributed by atoms with Gasteiger partial charge in [-0.25, -0.2) is 28.4 Å². The zero-order chi connectivity index (χ0) is 28.6. The maximum atomic E-state index is 14.4. The maximum absolute atomic E-state index is 14.4. The lowest BCUT2D eigenvalue weighted by molar-refractivity contribution is -0.129. The molecule has 3 aliphatic rings. The molecule has 1 saturated heterocycles. The third-order valence-corrected chi connectivity index (χ3v) is 9.15. The van der Waals surface area contributed by atoms with E-state index < -0.39 is 34.7 Å². The fraction of sp³-hybridized carbons (Fsp3) is 0.250. The van der Waals surface area contributed by atoms with Gasteiger partial charge in [0.1, 0.15) is 5.75 Å². The molecular weight excluding hydrogens is 520 g/mol. The van der Waals surface area contributed by atoms with Crippen LogP contribution in [0.4, 0.5) is 5.69 Å². The molecule has 7 rings (SSSR count). The summed E-state index contributed by atoms with van der Waals surface area (Å²) < 4.78 is 3.98. The molecule has 0 spiro atoms. The number of anilines is 1. The molecule has 4 aromatic rings. The summed E-state index contributed by atoms with van der Waals surface area (Å²) in [6.07, 6.45) is 2.05. The third kappa shape index (κ3) is 3.29. The Morgan fingerprint density at radius 3 is 2.17 bits per heavy atom. The van der Waals surface area contributed by atoms with Gasteiger partial charge in [0, 0.05) is 11.5 Å². The van der Waals surface area contributed by atoms with Crippen LogP contribution >= 0.6 is 0 Å². The van der Waals surface area contributed by atoms with Gasteiger partial charge in [0.15, 0.2) is 0 Å². The molecular formula is C32H28N4O5. The summed E-state index contributed by atoms with van der Waals surface area (Å²) in [6, 6.07) is 22.3. The highest BCUT2D eigenvalue weighted by Gasteiger charge is 2.65. The lowest BCUT2D eigenvalue weighted by Crippen LogP contribution is -2.49. The Balaban J connectivity index is 1.46. The van der Waals surface area contributed by atoms with Crippen molar-refractivity contribution in [3.8, 4) is 11.4 Å². The first-order chi connectivity index (χ1) is 19.7. The Kier molecular flexibility index (Phi) is 5.38. The second kappa shape index (κ2) is 8.79. The summed E-state index contributed by atoms with van der Waals surface area (Å²) in [5.41, 5.74) is 0.630. The molecule has 1 aromatic heterocycles. The Morgan fingerprint density at radius 2 is 1.49 bits per heavy atom. The number of hydrogen-bond acceptors (Lipinski definition) is 5. The number of imide groups is 1. The van der Waals surface area contributed by atoms with E-state index in [0.29, 0.717) is 22.5 Å². The van der Waals surface area contributed by atoms with Gasteiger partial charge in [-0.1, -0.05) is 60.7 Å². The molecule has 0 bridgehead atoms. The van der Waals surface area contributed by atoms with Crippen molar-refractivity contribution in [2.24, 2.45) is 11.3 Å². The zero-order valence-corrected chi connectivity index (χ0v) is 22.6. The molecule has 206 valence electrons. The summed E-state index contributed by atoms with van der Waals surface area (Å²) in [5, 5.41) is 11.3. The van der Waals surface area contributed by atoms with Crippen LogP contribution in [0.15, 0.2) is 100 Å². The molecule has 1 aliphatic carbocycles. The average molecular weight is 549 g/mol. The van der Waals surface area contributed by atoms with E-state index in [1.807, 2.05) is 24.3 Å². The minimum Gasteiger partial charge on any atom is -0.507 e. The summed E-state index contributed by atoms with van der Waals surface area (Å²) in [4.78, 5) is 57.1. The number of benzene rings is 3. The van der Waals surface area contributed by atoms with Gasteiger partial charge >= 0.3 is 11.4 Å². The molecule has 2 fully saturated rings. The van der Waals surface area contributed by atoms with Crippen LogP contribution in [0.3, 0.4) is 0 Å². The van der Waals surface area contributed by atoms with E-state index in [0.717, 1.165) is 10.1 Å². The summed E-state index contributed by atoms with van der Waals surface area (Å²) in [5.74, 6) is -2.14. The largest absolute Gasteiger partial charge is 0.507 e. The first-order valence-electron chi connectivity index (χ1n) is 13.7. The highest BCUT2D eigenvalue weighted by atomic mass is 16.3. The first-order valence-corrected chi connectivity index (χ1v) is 13.7. The molecule has 0 radical (unpaired) electrons. The number of nitrogens with zero attached hydrogens (tertiary/aromatic N) is 4. The first kappa shape index (κ1) is 25.1. The average Bonchev–Trinajstić information content (AvgIpc) is 3.35. The Morgan fingerprint density at radius 1 is 0.829 bits per heavy atom. The van der Waals surface area contributed by atoms with Gasteiger partial charge in [-0.2, -0.15) is 0 Å². The molecule has 9 heteroatoms. The highest BCUT2D eigenvalue weighted by molar-refractivity contribution is 6.24. The molecule has 2 amide bonds. The summed E-state index contributed by atoms with van der Waals surface area (Å²) in [6.45, 7) is 3.70. The van der Waals surface area contributed by atoms with Crippen LogP contribution in [-0.2, 0) is 16.1 Å². The van der Waals surface area contributed by atoms with Gasteiger partial charge in [0.05, 0.1) is 35.3 Å². The third-order valence-electron chi connectivity index (χ3n) is 9.15. The number of aromatic nitrogens is 3. The van der Waals surface area contributed by atoms with Gasteiger partial charge in [-0.15, -0.1) is 0 Å². The van der Waals surface area contributed by atoms with E-state index in [2.05, 4.69) is 0 Å². The summed E-state index contributed by atoms with van der Waals surface area (Å²) in [7, 11) is 0. The second-order valence-corrected chi connectivity index (χ2v) is 11.2. The molecule has 0 unspecified atom stereocenters. The number of para-hydroxylation sites is 3. The van der Waals surface area contributed by atoms with Crippen molar-refractivity contribution in [1.82, 2.24) is 13.9 Å². The predicted molar refractivity (Wildman–Crippen MR) is 152 cm³/mol. The smallest absolute Gasteiger partial charge is 0.352 e. The monoisotopic (exact) mass is 548 g/mol. The van der Waals surface area contributed by atoms with E-state index in [1.54, 1.807) is 74.5 Å². The van der Waals surface area contributed by atoms with Crippen molar-refractivity contribution in [2.45, 2.75) is 38.8 Å². The fourth-order valence-corrected chi connectivity index (χ4v) is 7.16. The maximum Gasteiger partial charge on any atom is 0.352 e. The molecule has 2 aliphatic heterocycles. The van der Waals surface area contributed by atoms with E-state index in [9.17, 15) is 24.3 Å². The van der Waals surface area contributed by atoms with Gasteiger partial charge in [-0.3, -0.25) is 9.59 Å². The van der Waals surface area contributed by atoms with Crippen molar-refractivity contribution in [1.29, 1.82) is 0 Å². The van der Waals surface area contributed by atoms with E-state index in [-0.39, 0.29) is 30.5 Å². The van der Waals surface area contributed by atoms with Crippen molar-refractivity contribution in [3.63, 3.8) is 0 Å². The fourth-order valence-electron chi connectivity index (χ4n) is 7.16. The molecule has 41 heavy (non-hydrogen) atoms. The van der Waals surface area contributed by atoms with Gasteiger partial charge in [0.2, 0.25) is 11.8 Å². The molecule has 9 nitrogen and oxygen atoms in total. The molecule has 1 N–H and O–H groups in total. The van der Waals surface area contributed by atoms with Gasteiger partial charge in [0.25, 0.3) is 0 Å². The number of amides is 2. The zero-order valence-electron chi connectivity index (χ0n) is 22.6. The van der Waals surface area contributed by atoms with Crippen LogP contribution in [0, 0.1) is 18.3 Å². The Labute approximate surface area is 235 Å². The topological polar surface area (TPSA) is 107 Å². The minimum absolute atomic E-state index is 0.0506. The lowest BCUT2D eigenvalue weighted by atomic mass is 9.56. The normalized spacial score (nSPS) is 25.0. The molecule has 3 aromatic carbocycles. The number of phenols is 1. The van der Waals surface area contributed by atoms with Crippen LogP contribution in [-0.4, -0.2) is 30.9 Å². The number of aryl methyl sites for hydroxylation is 1. The van der Waals surface area contributed by atoms with Crippen LogP contribution in [0.1, 0.15) is 36.4 Å². The minimum atomic E-state index is -1.23. The Bertz CT molecular complexity index is 1880. The van der Waals surface area contributed by atoms with Gasteiger partial charge in [-0.05, 0) is 55.7 Å². The van der Waals surface area contributed by atoms with Crippen molar-refractivity contribution < 1.29 is 14.7 Å². The number of hydrogen-bond donors (Lipinski definition) is 1. The van der Waals surface area contributed by atoms with Crippen LogP contribution < -0.4 is 16.3 Å². The van der Waals surface area contributed by atoms with E-state index in [1.165, 1.54) is 14.3 Å². The number of allylic oxidation sites excluding steroid dienone is 2.